The van der Waals surface area contributed by atoms with Crippen molar-refractivity contribution in [1.82, 2.24) is 24.4 Å². The van der Waals surface area contributed by atoms with Crippen LogP contribution in [-0.2, 0) is 16.3 Å². The Hall–Kier alpha value is -2.62. The summed E-state index contributed by atoms with van der Waals surface area (Å²) >= 11 is 0. The molecule has 34 heavy (non-hydrogen) atoms. The number of fused-ring (bicyclic) bond motifs is 1. The first-order valence-electron chi connectivity index (χ1n) is 12.2. The van der Waals surface area contributed by atoms with Gasteiger partial charge in [0, 0.05) is 45.2 Å². The van der Waals surface area contributed by atoms with Crippen LogP contribution in [-0.4, -0.2) is 71.1 Å². The van der Waals surface area contributed by atoms with Crippen molar-refractivity contribution in [1.29, 1.82) is 0 Å². The number of carbonyl (C=O) groups excluding carboxylic acids is 1. The van der Waals surface area contributed by atoms with E-state index in [1.165, 1.54) is 0 Å². The van der Waals surface area contributed by atoms with Crippen molar-refractivity contribution < 1.29 is 9.53 Å². The average Bonchev–Trinajstić information content (AvgIpc) is 3.08. The molecule has 0 amide bonds. The second-order valence-corrected chi connectivity index (χ2v) is 15.9. The summed E-state index contributed by atoms with van der Waals surface area (Å²) < 4.78 is 7.91. The molecule has 4 heterocycles. The monoisotopic (exact) mass is 480 g/mol. The van der Waals surface area contributed by atoms with Gasteiger partial charge in [0.05, 0.1) is 18.4 Å². The van der Waals surface area contributed by atoms with Gasteiger partial charge in [0.1, 0.15) is 24.4 Å². The molecule has 8 nitrogen and oxygen atoms in total. The Labute approximate surface area is 202 Å². The number of hydrogen-bond acceptors (Lipinski definition) is 7. The first-order valence-corrected chi connectivity index (χ1v) is 15.9. The number of aldehydes is 1. The molecule has 1 unspecified atom stereocenters. The molecule has 1 N–H and O–H groups in total. The number of anilines is 1. The van der Waals surface area contributed by atoms with Crippen LogP contribution in [0.1, 0.15) is 19.3 Å². The molecular weight excluding hydrogens is 444 g/mol. The van der Waals surface area contributed by atoms with Crippen LogP contribution in [0.3, 0.4) is 0 Å². The molecule has 0 aromatic carbocycles. The van der Waals surface area contributed by atoms with Crippen molar-refractivity contribution in [2.45, 2.75) is 57.7 Å². The molecule has 9 heteroatoms. The van der Waals surface area contributed by atoms with E-state index in [2.05, 4.69) is 34.8 Å². The van der Waals surface area contributed by atoms with E-state index in [0.717, 1.165) is 79.5 Å². The zero-order valence-corrected chi connectivity index (χ0v) is 21.5. The number of rotatable bonds is 10. The molecule has 1 aliphatic heterocycles. The summed E-state index contributed by atoms with van der Waals surface area (Å²) in [5.74, 6) is 0.809. The largest absolute Gasteiger partial charge is 0.365 e. The number of aromatic nitrogens is 4. The van der Waals surface area contributed by atoms with Crippen LogP contribution < -0.4 is 5.32 Å². The summed E-state index contributed by atoms with van der Waals surface area (Å²) in [5, 5.41) is 3.62. The maximum atomic E-state index is 11.0. The maximum absolute atomic E-state index is 11.0. The standard InChI is InChI=1S/C25H36N6O2Si/c1-34(2,3)16-15-33-19-31-12-9-22-25(31)27-17-23(29-22)21-8-6-10-26-24(21)28-20-7-4-5-11-30(18-20)13-14-32/h6,8-10,12,14,17,20H,4-5,7,11,13,15-16,18-19H2,1-3H3,(H,26,28). The van der Waals surface area contributed by atoms with Gasteiger partial charge in [0.25, 0.3) is 0 Å². The van der Waals surface area contributed by atoms with Gasteiger partial charge >= 0.3 is 0 Å². The fraction of sp³-hybridized carbons (Fsp3) is 0.520. The molecule has 3 aromatic heterocycles. The Morgan fingerprint density at radius 3 is 2.94 bits per heavy atom. The summed E-state index contributed by atoms with van der Waals surface area (Å²) in [6.45, 7) is 10.6. The Morgan fingerprint density at radius 2 is 2.12 bits per heavy atom. The number of likely N-dealkylation sites (tertiary alicyclic amines) is 1. The molecule has 1 saturated heterocycles. The normalized spacial score (nSPS) is 17.6. The zero-order valence-electron chi connectivity index (χ0n) is 20.5. The molecule has 0 spiro atoms. The predicted octanol–water partition coefficient (Wildman–Crippen LogP) is 4.27. The van der Waals surface area contributed by atoms with E-state index < -0.39 is 8.07 Å². The van der Waals surface area contributed by atoms with Gasteiger partial charge in [-0.05, 0) is 43.6 Å². The SMILES string of the molecule is C[Si](C)(C)CCOCn1ccc2nc(-c3cccnc3NC3CCCCN(CC=O)C3)cnc21. The lowest BCUT2D eigenvalue weighted by molar-refractivity contribution is -0.108. The Bertz CT molecular complexity index is 1100. The fourth-order valence-electron chi connectivity index (χ4n) is 4.27. The van der Waals surface area contributed by atoms with Crippen molar-refractivity contribution >= 4 is 31.3 Å². The molecule has 0 bridgehead atoms. The third-order valence-electron chi connectivity index (χ3n) is 6.20. The Morgan fingerprint density at radius 1 is 1.24 bits per heavy atom. The molecule has 1 aliphatic rings. The van der Waals surface area contributed by atoms with Crippen LogP contribution in [0.15, 0.2) is 36.8 Å². The highest BCUT2D eigenvalue weighted by Gasteiger charge is 2.20. The molecule has 1 atom stereocenters. The van der Waals surface area contributed by atoms with Gasteiger partial charge in [0.2, 0.25) is 0 Å². The molecule has 182 valence electrons. The number of nitrogens with one attached hydrogen (secondary N) is 1. The first kappa shape index (κ1) is 24.5. The van der Waals surface area contributed by atoms with Gasteiger partial charge in [-0.1, -0.05) is 26.1 Å². The van der Waals surface area contributed by atoms with Crippen molar-refractivity contribution in [3.8, 4) is 11.3 Å². The molecule has 4 rings (SSSR count). The van der Waals surface area contributed by atoms with Crippen LogP contribution in [0, 0.1) is 0 Å². The van der Waals surface area contributed by atoms with E-state index in [1.807, 2.05) is 35.2 Å². The van der Waals surface area contributed by atoms with Crippen LogP contribution in [0.25, 0.3) is 22.4 Å². The third-order valence-corrected chi connectivity index (χ3v) is 7.91. The number of hydrogen-bond donors (Lipinski definition) is 1. The first-order chi connectivity index (χ1) is 16.4. The lowest BCUT2D eigenvalue weighted by Gasteiger charge is -2.24. The number of nitrogens with zero attached hydrogens (tertiary/aromatic N) is 5. The lowest BCUT2D eigenvalue weighted by atomic mass is 10.1. The summed E-state index contributed by atoms with van der Waals surface area (Å²) in [6.07, 6.45) is 9.88. The fourth-order valence-corrected chi connectivity index (χ4v) is 5.02. The van der Waals surface area contributed by atoms with Gasteiger partial charge < -0.3 is 19.4 Å². The van der Waals surface area contributed by atoms with E-state index in [-0.39, 0.29) is 6.04 Å². The van der Waals surface area contributed by atoms with Gasteiger partial charge in [0.15, 0.2) is 5.65 Å². The van der Waals surface area contributed by atoms with Crippen LogP contribution in [0.4, 0.5) is 5.82 Å². The van der Waals surface area contributed by atoms with E-state index >= 15 is 0 Å². The van der Waals surface area contributed by atoms with Crippen LogP contribution in [0.2, 0.25) is 25.7 Å². The van der Waals surface area contributed by atoms with Gasteiger partial charge in [-0.15, -0.1) is 0 Å². The quantitative estimate of drug-likeness (QED) is 0.263. The highest BCUT2D eigenvalue weighted by Crippen LogP contribution is 2.27. The van der Waals surface area contributed by atoms with Crippen molar-refractivity contribution in [3.05, 3.63) is 36.8 Å². The molecule has 0 saturated carbocycles. The second kappa shape index (κ2) is 11.2. The summed E-state index contributed by atoms with van der Waals surface area (Å²) in [7, 11) is -1.10. The van der Waals surface area contributed by atoms with Crippen LogP contribution >= 0.6 is 0 Å². The molecule has 3 aromatic rings. The minimum absolute atomic E-state index is 0.238. The van der Waals surface area contributed by atoms with Crippen LogP contribution in [0.5, 0.6) is 0 Å². The minimum atomic E-state index is -1.10. The lowest BCUT2D eigenvalue weighted by Crippen LogP contribution is -2.36. The topological polar surface area (TPSA) is 85.2 Å². The predicted molar refractivity (Wildman–Crippen MR) is 139 cm³/mol. The van der Waals surface area contributed by atoms with Gasteiger partial charge in [-0.3, -0.25) is 4.90 Å². The molecule has 0 aliphatic carbocycles. The van der Waals surface area contributed by atoms with E-state index in [4.69, 9.17) is 14.7 Å². The zero-order chi connectivity index (χ0) is 24.0. The highest BCUT2D eigenvalue weighted by atomic mass is 28.3. The van der Waals surface area contributed by atoms with Crippen molar-refractivity contribution in [2.75, 3.05) is 31.6 Å². The Kier molecular flexibility index (Phi) is 8.07. The Balaban J connectivity index is 1.48. The van der Waals surface area contributed by atoms with Gasteiger partial charge in [-0.25, -0.2) is 15.0 Å². The molecular formula is C25H36N6O2Si. The number of carbonyl (C=O) groups is 1. The summed E-state index contributed by atoms with van der Waals surface area (Å²) in [6, 6.07) is 7.33. The summed E-state index contributed by atoms with van der Waals surface area (Å²) in [4.78, 5) is 27.4. The van der Waals surface area contributed by atoms with Gasteiger partial charge in [-0.2, -0.15) is 0 Å². The minimum Gasteiger partial charge on any atom is -0.365 e. The molecule has 1 fully saturated rings. The number of ether oxygens (including phenoxy) is 1. The summed E-state index contributed by atoms with van der Waals surface area (Å²) in [5.41, 5.74) is 3.39. The van der Waals surface area contributed by atoms with Crippen molar-refractivity contribution in [3.63, 3.8) is 0 Å². The van der Waals surface area contributed by atoms with Crippen molar-refractivity contribution in [2.24, 2.45) is 0 Å². The smallest absolute Gasteiger partial charge is 0.160 e. The number of pyridine rings is 1. The molecule has 0 radical (unpaired) electrons. The average molecular weight is 481 g/mol. The van der Waals surface area contributed by atoms with E-state index in [0.29, 0.717) is 13.3 Å². The highest BCUT2D eigenvalue weighted by molar-refractivity contribution is 6.76. The maximum Gasteiger partial charge on any atom is 0.160 e. The van der Waals surface area contributed by atoms with E-state index in [9.17, 15) is 4.79 Å². The van der Waals surface area contributed by atoms with E-state index in [1.54, 1.807) is 6.20 Å². The second-order valence-electron chi connectivity index (χ2n) is 10.3. The third kappa shape index (κ3) is 6.49.